The molecule has 0 bridgehead atoms. The number of methoxy groups -OCH3 is 1. The van der Waals surface area contributed by atoms with E-state index in [0.29, 0.717) is 32.7 Å². The molecule has 82 valence electrons. The van der Waals surface area contributed by atoms with Gasteiger partial charge in [0.25, 0.3) is 0 Å². The summed E-state index contributed by atoms with van der Waals surface area (Å²) in [6, 6.07) is 0. The first-order valence-corrected chi connectivity index (χ1v) is 4.93. The van der Waals surface area contributed by atoms with Crippen LogP contribution in [0.5, 0.6) is 0 Å². The van der Waals surface area contributed by atoms with Gasteiger partial charge in [-0.3, -0.25) is 4.79 Å². The Labute approximate surface area is 84.2 Å². The third kappa shape index (κ3) is 2.07. The molecule has 0 aromatic rings. The van der Waals surface area contributed by atoms with Gasteiger partial charge in [-0.15, -0.1) is 0 Å². The molecule has 1 rings (SSSR count). The summed E-state index contributed by atoms with van der Waals surface area (Å²) in [5.41, 5.74) is -0.645. The molecule has 1 fully saturated rings. The van der Waals surface area contributed by atoms with E-state index in [4.69, 9.17) is 9.47 Å². The molecule has 1 aliphatic heterocycles. The Morgan fingerprint density at radius 3 is 2.57 bits per heavy atom. The lowest BCUT2D eigenvalue weighted by molar-refractivity contribution is -0.161. The Bertz CT molecular complexity index is 196. The van der Waals surface area contributed by atoms with Crippen LogP contribution in [0.25, 0.3) is 0 Å². The summed E-state index contributed by atoms with van der Waals surface area (Å²) >= 11 is 0. The van der Waals surface area contributed by atoms with Gasteiger partial charge < -0.3 is 14.6 Å². The van der Waals surface area contributed by atoms with Crippen molar-refractivity contribution in [3.8, 4) is 0 Å². The predicted octanol–water partition coefficient (Wildman–Crippen LogP) is 1.15. The molecule has 1 heterocycles. The summed E-state index contributed by atoms with van der Waals surface area (Å²) in [4.78, 5) is 11.3. The molecule has 0 spiro atoms. The van der Waals surface area contributed by atoms with Crippen LogP contribution in [-0.4, -0.2) is 38.0 Å². The Hall–Kier alpha value is -0.610. The minimum atomic E-state index is -0.717. The molecule has 0 saturated carbocycles. The van der Waals surface area contributed by atoms with Crippen molar-refractivity contribution in [1.82, 2.24) is 0 Å². The Morgan fingerprint density at radius 1 is 1.57 bits per heavy atom. The molecule has 1 aliphatic rings. The molecule has 4 heteroatoms. The zero-order valence-electron chi connectivity index (χ0n) is 8.78. The van der Waals surface area contributed by atoms with Crippen LogP contribution in [0.2, 0.25) is 0 Å². The van der Waals surface area contributed by atoms with Gasteiger partial charge in [0.15, 0.2) is 0 Å². The number of hydrogen-bond donors (Lipinski definition) is 1. The summed E-state index contributed by atoms with van der Waals surface area (Å²) in [6.45, 7) is 3.51. The Morgan fingerprint density at radius 2 is 2.14 bits per heavy atom. The topological polar surface area (TPSA) is 55.8 Å². The van der Waals surface area contributed by atoms with Crippen LogP contribution in [-0.2, 0) is 14.3 Å². The highest BCUT2D eigenvalue weighted by Gasteiger charge is 2.44. The van der Waals surface area contributed by atoms with Crippen molar-refractivity contribution < 1.29 is 19.4 Å². The van der Waals surface area contributed by atoms with E-state index >= 15 is 0 Å². The van der Waals surface area contributed by atoms with E-state index in [1.807, 2.05) is 6.92 Å². The first-order chi connectivity index (χ1) is 6.63. The molecule has 1 atom stereocenters. The van der Waals surface area contributed by atoms with Crippen molar-refractivity contribution in [3.63, 3.8) is 0 Å². The Kier molecular flexibility index (Phi) is 3.89. The van der Waals surface area contributed by atoms with Gasteiger partial charge >= 0.3 is 5.97 Å². The van der Waals surface area contributed by atoms with Gasteiger partial charge in [-0.2, -0.15) is 0 Å². The number of carboxylic acids is 1. The number of aliphatic carboxylic acids is 1. The summed E-state index contributed by atoms with van der Waals surface area (Å²) in [7, 11) is 1.60. The summed E-state index contributed by atoms with van der Waals surface area (Å²) in [6.07, 6.45) is 1.18. The maximum atomic E-state index is 11.3. The largest absolute Gasteiger partial charge is 0.481 e. The molecule has 0 radical (unpaired) electrons. The summed E-state index contributed by atoms with van der Waals surface area (Å²) < 4.78 is 10.2. The maximum absolute atomic E-state index is 11.3. The lowest BCUT2D eigenvalue weighted by Gasteiger charge is -2.37. The van der Waals surface area contributed by atoms with E-state index in [1.165, 1.54) is 0 Å². The van der Waals surface area contributed by atoms with Gasteiger partial charge in [0.1, 0.15) is 0 Å². The van der Waals surface area contributed by atoms with Crippen LogP contribution < -0.4 is 0 Å². The van der Waals surface area contributed by atoms with Gasteiger partial charge in [0, 0.05) is 26.9 Å². The van der Waals surface area contributed by atoms with Crippen molar-refractivity contribution in [1.29, 1.82) is 0 Å². The number of rotatable bonds is 4. The average molecular weight is 202 g/mol. The van der Waals surface area contributed by atoms with E-state index in [1.54, 1.807) is 7.11 Å². The third-order valence-electron chi connectivity index (χ3n) is 3.17. The molecular weight excluding hydrogens is 184 g/mol. The average Bonchev–Trinajstić information content (AvgIpc) is 2.19. The molecule has 14 heavy (non-hydrogen) atoms. The fourth-order valence-corrected chi connectivity index (χ4v) is 2.06. The van der Waals surface area contributed by atoms with Crippen LogP contribution in [0.3, 0.4) is 0 Å². The normalized spacial score (nSPS) is 23.0. The van der Waals surface area contributed by atoms with Crippen molar-refractivity contribution in [2.24, 2.45) is 11.3 Å². The number of carbonyl (C=O) groups is 1. The lowest BCUT2D eigenvalue weighted by Crippen LogP contribution is -2.44. The molecule has 0 aromatic heterocycles. The van der Waals surface area contributed by atoms with Crippen molar-refractivity contribution >= 4 is 5.97 Å². The second-order valence-electron chi connectivity index (χ2n) is 3.93. The summed E-state index contributed by atoms with van der Waals surface area (Å²) in [5.74, 6) is -0.681. The highest BCUT2D eigenvalue weighted by atomic mass is 16.5. The van der Waals surface area contributed by atoms with Gasteiger partial charge in [-0.05, 0) is 18.8 Å². The van der Waals surface area contributed by atoms with Gasteiger partial charge in [-0.25, -0.2) is 0 Å². The van der Waals surface area contributed by atoms with Gasteiger partial charge in [0.2, 0.25) is 0 Å². The Balaban J connectivity index is 2.74. The zero-order chi connectivity index (χ0) is 10.6. The fraction of sp³-hybridized carbons (Fsp3) is 0.900. The minimum absolute atomic E-state index is 0.0360. The second-order valence-corrected chi connectivity index (χ2v) is 3.93. The van der Waals surface area contributed by atoms with Gasteiger partial charge in [0.05, 0.1) is 5.41 Å². The number of hydrogen-bond acceptors (Lipinski definition) is 3. The number of carboxylic acid groups (broad SMARTS) is 1. The van der Waals surface area contributed by atoms with Gasteiger partial charge in [-0.1, -0.05) is 6.92 Å². The molecule has 1 unspecified atom stereocenters. The molecule has 1 N–H and O–H groups in total. The molecule has 0 aromatic carbocycles. The molecule has 4 nitrogen and oxygen atoms in total. The highest BCUT2D eigenvalue weighted by molar-refractivity contribution is 5.75. The highest BCUT2D eigenvalue weighted by Crippen LogP contribution is 2.38. The van der Waals surface area contributed by atoms with Crippen LogP contribution in [0.15, 0.2) is 0 Å². The SMILES string of the molecule is COCC(C)C1(C(=O)O)CCOCC1. The van der Waals surface area contributed by atoms with Crippen LogP contribution >= 0.6 is 0 Å². The van der Waals surface area contributed by atoms with E-state index in [2.05, 4.69) is 0 Å². The monoisotopic (exact) mass is 202 g/mol. The quantitative estimate of drug-likeness (QED) is 0.743. The van der Waals surface area contributed by atoms with Crippen LogP contribution in [0.4, 0.5) is 0 Å². The van der Waals surface area contributed by atoms with E-state index in [0.717, 1.165) is 0 Å². The molecular formula is C10H18O4. The fourth-order valence-electron chi connectivity index (χ4n) is 2.06. The second kappa shape index (κ2) is 4.75. The maximum Gasteiger partial charge on any atom is 0.310 e. The smallest absolute Gasteiger partial charge is 0.310 e. The predicted molar refractivity (Wildman–Crippen MR) is 51.2 cm³/mol. The van der Waals surface area contributed by atoms with E-state index in [-0.39, 0.29) is 5.92 Å². The van der Waals surface area contributed by atoms with E-state index in [9.17, 15) is 9.90 Å². The first kappa shape index (κ1) is 11.5. The molecule has 0 amide bonds. The van der Waals surface area contributed by atoms with Crippen molar-refractivity contribution in [2.45, 2.75) is 19.8 Å². The van der Waals surface area contributed by atoms with Crippen molar-refractivity contribution in [2.75, 3.05) is 26.9 Å². The van der Waals surface area contributed by atoms with Crippen LogP contribution in [0, 0.1) is 11.3 Å². The lowest BCUT2D eigenvalue weighted by atomic mass is 9.71. The third-order valence-corrected chi connectivity index (χ3v) is 3.17. The van der Waals surface area contributed by atoms with E-state index < -0.39 is 11.4 Å². The molecule has 1 saturated heterocycles. The standard InChI is InChI=1S/C10H18O4/c1-8(7-13-2)10(9(11)12)3-5-14-6-4-10/h8H,3-7H2,1-2H3,(H,11,12). The van der Waals surface area contributed by atoms with Crippen LogP contribution in [0.1, 0.15) is 19.8 Å². The zero-order valence-corrected chi connectivity index (χ0v) is 8.78. The van der Waals surface area contributed by atoms with Crippen molar-refractivity contribution in [3.05, 3.63) is 0 Å². The number of ether oxygens (including phenoxy) is 2. The molecule has 0 aliphatic carbocycles. The summed E-state index contributed by atoms with van der Waals surface area (Å²) in [5, 5.41) is 9.27. The minimum Gasteiger partial charge on any atom is -0.481 e. The first-order valence-electron chi connectivity index (χ1n) is 4.93.